The third-order valence-electron chi connectivity index (χ3n) is 4.35. The van der Waals surface area contributed by atoms with Crippen molar-refractivity contribution in [2.24, 2.45) is 5.10 Å². The minimum Gasteiger partial charge on any atom is -0.378 e. The van der Waals surface area contributed by atoms with E-state index in [1.165, 1.54) is 0 Å². The third-order valence-corrected chi connectivity index (χ3v) is 5.16. The van der Waals surface area contributed by atoms with Crippen LogP contribution in [0, 0.1) is 0 Å². The van der Waals surface area contributed by atoms with Gasteiger partial charge in [-0.25, -0.2) is 5.43 Å². The number of rotatable bonds is 6. The molecule has 11 heteroatoms. The molecule has 0 aliphatic carbocycles. The molecule has 160 valence electrons. The van der Waals surface area contributed by atoms with Gasteiger partial charge in [0.05, 0.1) is 24.5 Å². The van der Waals surface area contributed by atoms with Gasteiger partial charge in [-0.3, -0.25) is 0 Å². The lowest BCUT2D eigenvalue weighted by Crippen LogP contribution is -2.37. The van der Waals surface area contributed by atoms with Crippen molar-refractivity contribution in [2.75, 3.05) is 41.9 Å². The van der Waals surface area contributed by atoms with Crippen LogP contribution in [0.5, 0.6) is 0 Å². The van der Waals surface area contributed by atoms with E-state index in [0.717, 1.165) is 5.69 Å². The molecule has 3 aromatic rings. The maximum absolute atomic E-state index is 6.18. The number of benzene rings is 2. The largest absolute Gasteiger partial charge is 0.378 e. The quantitative estimate of drug-likeness (QED) is 0.386. The minimum absolute atomic E-state index is 0.286. The van der Waals surface area contributed by atoms with Crippen molar-refractivity contribution >= 4 is 64.5 Å². The Morgan fingerprint density at radius 3 is 2.35 bits per heavy atom. The van der Waals surface area contributed by atoms with E-state index < -0.39 is 0 Å². The molecule has 1 fully saturated rings. The molecule has 0 bridgehead atoms. The summed E-state index contributed by atoms with van der Waals surface area (Å²) in [7, 11) is 0. The smallest absolute Gasteiger partial charge is 0.250 e. The normalized spacial score (nSPS) is 14.1. The van der Waals surface area contributed by atoms with Gasteiger partial charge in [-0.1, -0.05) is 40.9 Å². The monoisotopic (exact) mass is 477 g/mol. The summed E-state index contributed by atoms with van der Waals surface area (Å²) in [5.41, 5.74) is 4.35. The highest BCUT2D eigenvalue weighted by molar-refractivity contribution is 6.36. The van der Waals surface area contributed by atoms with Crippen LogP contribution in [0.2, 0.25) is 15.1 Å². The van der Waals surface area contributed by atoms with Gasteiger partial charge in [-0.15, -0.1) is 0 Å². The molecule has 1 aliphatic rings. The van der Waals surface area contributed by atoms with Crippen molar-refractivity contribution in [3.8, 4) is 0 Å². The Bertz CT molecular complexity index is 1070. The molecule has 8 nitrogen and oxygen atoms in total. The zero-order valence-corrected chi connectivity index (χ0v) is 18.5. The SMILES string of the molecule is Clc1ccc(Nc2nc(NN=Cc3ccc(Cl)cc3Cl)nc(N3CCOCC3)n2)cc1. The van der Waals surface area contributed by atoms with E-state index in [-0.39, 0.29) is 5.95 Å². The van der Waals surface area contributed by atoms with E-state index in [1.54, 1.807) is 36.5 Å². The molecule has 1 saturated heterocycles. The van der Waals surface area contributed by atoms with E-state index >= 15 is 0 Å². The van der Waals surface area contributed by atoms with Crippen LogP contribution in [0.1, 0.15) is 5.56 Å². The second-order valence-corrected chi connectivity index (χ2v) is 7.83. The Labute approximate surface area is 194 Å². The molecule has 4 rings (SSSR count). The first kappa shape index (κ1) is 21.6. The van der Waals surface area contributed by atoms with Gasteiger partial charge in [-0.05, 0) is 36.4 Å². The summed E-state index contributed by atoms with van der Waals surface area (Å²) in [5, 5.41) is 9.07. The summed E-state index contributed by atoms with van der Waals surface area (Å²) >= 11 is 18.1. The number of halogens is 3. The predicted octanol–water partition coefficient (Wildman–Crippen LogP) is 4.86. The second-order valence-electron chi connectivity index (χ2n) is 6.55. The van der Waals surface area contributed by atoms with Gasteiger partial charge in [0.1, 0.15) is 0 Å². The first-order chi connectivity index (χ1) is 15.1. The average Bonchev–Trinajstić information content (AvgIpc) is 2.77. The van der Waals surface area contributed by atoms with Crippen LogP contribution in [0.3, 0.4) is 0 Å². The maximum atomic E-state index is 6.18. The molecule has 31 heavy (non-hydrogen) atoms. The fourth-order valence-corrected chi connectivity index (χ4v) is 3.39. The zero-order valence-electron chi connectivity index (χ0n) is 16.2. The lowest BCUT2D eigenvalue weighted by atomic mass is 10.2. The van der Waals surface area contributed by atoms with Gasteiger partial charge < -0.3 is 15.0 Å². The summed E-state index contributed by atoms with van der Waals surface area (Å²) in [4.78, 5) is 15.5. The number of nitrogens with zero attached hydrogens (tertiary/aromatic N) is 5. The fraction of sp³-hybridized carbons (Fsp3) is 0.200. The topological polar surface area (TPSA) is 87.6 Å². The number of hydrogen-bond donors (Lipinski definition) is 2. The molecule has 1 aromatic heterocycles. The van der Waals surface area contributed by atoms with Crippen molar-refractivity contribution in [3.63, 3.8) is 0 Å². The lowest BCUT2D eigenvalue weighted by molar-refractivity contribution is 0.122. The van der Waals surface area contributed by atoms with Crippen LogP contribution in [0.25, 0.3) is 0 Å². The van der Waals surface area contributed by atoms with Crippen molar-refractivity contribution in [2.45, 2.75) is 0 Å². The molecule has 0 unspecified atom stereocenters. The van der Waals surface area contributed by atoms with E-state index in [4.69, 9.17) is 39.5 Å². The Hall–Kier alpha value is -2.65. The lowest BCUT2D eigenvalue weighted by Gasteiger charge is -2.27. The van der Waals surface area contributed by atoms with Crippen LogP contribution in [-0.4, -0.2) is 47.5 Å². The molecule has 2 heterocycles. The minimum atomic E-state index is 0.286. The Kier molecular flexibility index (Phi) is 7.03. The van der Waals surface area contributed by atoms with Crippen molar-refractivity contribution in [1.82, 2.24) is 15.0 Å². The summed E-state index contributed by atoms with van der Waals surface area (Å²) in [6.07, 6.45) is 1.57. The fourth-order valence-electron chi connectivity index (χ4n) is 2.80. The Morgan fingerprint density at radius 2 is 1.61 bits per heavy atom. The molecule has 2 N–H and O–H groups in total. The molecule has 0 spiro atoms. The number of nitrogens with one attached hydrogen (secondary N) is 2. The van der Waals surface area contributed by atoms with Crippen molar-refractivity contribution < 1.29 is 4.74 Å². The van der Waals surface area contributed by atoms with Gasteiger partial charge in [0, 0.05) is 34.4 Å². The van der Waals surface area contributed by atoms with Crippen molar-refractivity contribution in [3.05, 3.63) is 63.1 Å². The molecular weight excluding hydrogens is 461 g/mol. The summed E-state index contributed by atoms with van der Waals surface area (Å²) in [6, 6.07) is 12.4. The van der Waals surface area contributed by atoms with Gasteiger partial charge in [-0.2, -0.15) is 20.1 Å². The standard InChI is InChI=1S/C20H18Cl3N7O/c21-14-3-5-16(6-4-14)25-18-26-19(28-20(27-18)30-7-9-31-10-8-30)29-24-12-13-1-2-15(22)11-17(13)23/h1-6,11-12H,7-10H2,(H2,25,26,27,28,29). The predicted molar refractivity (Wildman–Crippen MR) is 125 cm³/mol. The molecular formula is C20H18Cl3N7O. The van der Waals surface area contributed by atoms with Gasteiger partial charge in [0.25, 0.3) is 0 Å². The highest BCUT2D eigenvalue weighted by Gasteiger charge is 2.16. The van der Waals surface area contributed by atoms with E-state index in [1.807, 2.05) is 17.0 Å². The van der Waals surface area contributed by atoms with Crippen LogP contribution in [0.4, 0.5) is 23.5 Å². The van der Waals surface area contributed by atoms with Gasteiger partial charge in [0.15, 0.2) is 0 Å². The van der Waals surface area contributed by atoms with Crippen LogP contribution in [0.15, 0.2) is 47.6 Å². The number of ether oxygens (including phenoxy) is 1. The van der Waals surface area contributed by atoms with Crippen LogP contribution >= 0.6 is 34.8 Å². The highest BCUT2D eigenvalue weighted by Crippen LogP contribution is 2.21. The average molecular weight is 479 g/mol. The number of hydrazone groups is 1. The Morgan fingerprint density at radius 1 is 0.903 bits per heavy atom. The van der Waals surface area contributed by atoms with Crippen molar-refractivity contribution in [1.29, 1.82) is 0 Å². The molecule has 2 aromatic carbocycles. The van der Waals surface area contributed by atoms with Crippen LogP contribution < -0.4 is 15.6 Å². The summed E-state index contributed by atoms with van der Waals surface area (Å²) < 4.78 is 5.42. The summed E-state index contributed by atoms with van der Waals surface area (Å²) in [5.74, 6) is 1.19. The van der Waals surface area contributed by atoms with E-state index in [9.17, 15) is 0 Å². The third kappa shape index (κ3) is 5.95. The first-order valence-electron chi connectivity index (χ1n) is 9.42. The first-order valence-corrected chi connectivity index (χ1v) is 10.6. The maximum Gasteiger partial charge on any atom is 0.250 e. The van der Waals surface area contributed by atoms with E-state index in [2.05, 4.69) is 30.8 Å². The molecule has 1 aliphatic heterocycles. The van der Waals surface area contributed by atoms with Gasteiger partial charge >= 0.3 is 0 Å². The zero-order chi connectivity index (χ0) is 21.6. The van der Waals surface area contributed by atoms with E-state index in [0.29, 0.717) is 58.8 Å². The van der Waals surface area contributed by atoms with Crippen LogP contribution in [-0.2, 0) is 4.74 Å². The number of aromatic nitrogens is 3. The molecule has 0 saturated carbocycles. The number of hydrogen-bond acceptors (Lipinski definition) is 8. The summed E-state index contributed by atoms with van der Waals surface area (Å²) in [6.45, 7) is 2.60. The Balaban J connectivity index is 1.57. The molecule has 0 amide bonds. The highest BCUT2D eigenvalue weighted by atomic mass is 35.5. The second kappa shape index (κ2) is 10.1. The molecule has 0 atom stereocenters. The molecule has 0 radical (unpaired) electrons. The van der Waals surface area contributed by atoms with Gasteiger partial charge in [0.2, 0.25) is 17.8 Å². The number of anilines is 4. The number of morpholine rings is 1.